The molecule has 2 N–H and O–H groups in total. The smallest absolute Gasteiger partial charge is 0.251 e. The van der Waals surface area contributed by atoms with E-state index in [2.05, 4.69) is 10.6 Å². The van der Waals surface area contributed by atoms with E-state index in [0.717, 1.165) is 25.9 Å². The van der Waals surface area contributed by atoms with Crippen molar-refractivity contribution >= 4 is 17.5 Å². The Morgan fingerprint density at radius 2 is 2.05 bits per heavy atom. The quantitative estimate of drug-likeness (QED) is 0.845. The van der Waals surface area contributed by atoms with Crippen LogP contribution >= 0.6 is 0 Å². The minimum absolute atomic E-state index is 0.00640. The highest BCUT2D eigenvalue weighted by atomic mass is 16.5. The summed E-state index contributed by atoms with van der Waals surface area (Å²) in [4.78, 5) is 23.5. The van der Waals surface area contributed by atoms with E-state index in [0.29, 0.717) is 24.2 Å². The van der Waals surface area contributed by atoms with Crippen LogP contribution in [0, 0.1) is 0 Å². The fourth-order valence-electron chi connectivity index (χ4n) is 2.27. The molecule has 0 radical (unpaired) electrons. The van der Waals surface area contributed by atoms with Crippen molar-refractivity contribution in [1.82, 2.24) is 5.32 Å². The van der Waals surface area contributed by atoms with E-state index in [1.165, 1.54) is 0 Å². The van der Waals surface area contributed by atoms with Gasteiger partial charge < -0.3 is 15.4 Å². The van der Waals surface area contributed by atoms with Gasteiger partial charge >= 0.3 is 0 Å². The molecule has 0 aliphatic carbocycles. The fraction of sp³-hybridized carbons (Fsp3) is 0.500. The molecule has 1 heterocycles. The Morgan fingerprint density at radius 1 is 1.29 bits per heavy atom. The fourth-order valence-corrected chi connectivity index (χ4v) is 2.27. The van der Waals surface area contributed by atoms with Crippen molar-refractivity contribution in [2.45, 2.75) is 38.7 Å². The van der Waals surface area contributed by atoms with Crippen molar-refractivity contribution in [3.05, 3.63) is 29.8 Å². The average Bonchev–Trinajstić information content (AvgIpc) is 2.99. The van der Waals surface area contributed by atoms with Gasteiger partial charge in [0.25, 0.3) is 5.91 Å². The van der Waals surface area contributed by atoms with E-state index >= 15 is 0 Å². The summed E-state index contributed by atoms with van der Waals surface area (Å²) >= 11 is 0. The van der Waals surface area contributed by atoms with Crippen LogP contribution in [0.15, 0.2) is 24.3 Å². The van der Waals surface area contributed by atoms with E-state index in [9.17, 15) is 9.59 Å². The lowest BCUT2D eigenvalue weighted by molar-refractivity contribution is -0.116. The van der Waals surface area contributed by atoms with Gasteiger partial charge in [-0.1, -0.05) is 6.92 Å². The van der Waals surface area contributed by atoms with Gasteiger partial charge in [0.2, 0.25) is 5.91 Å². The summed E-state index contributed by atoms with van der Waals surface area (Å²) < 4.78 is 5.46. The van der Waals surface area contributed by atoms with Crippen molar-refractivity contribution < 1.29 is 14.3 Å². The zero-order valence-electron chi connectivity index (χ0n) is 12.4. The highest BCUT2D eigenvalue weighted by Gasteiger charge is 2.16. The molecule has 1 aromatic carbocycles. The summed E-state index contributed by atoms with van der Waals surface area (Å²) in [6.45, 7) is 3.29. The van der Waals surface area contributed by atoms with Crippen LogP contribution in [0.5, 0.6) is 0 Å². The Kier molecular flexibility index (Phi) is 5.75. The first kappa shape index (κ1) is 15.5. The lowest BCUT2D eigenvalue weighted by Crippen LogP contribution is -2.31. The summed E-state index contributed by atoms with van der Waals surface area (Å²) in [5.74, 6) is -0.120. The molecule has 1 fully saturated rings. The van der Waals surface area contributed by atoms with Gasteiger partial charge in [-0.2, -0.15) is 0 Å². The van der Waals surface area contributed by atoms with Crippen molar-refractivity contribution in [3.8, 4) is 0 Å². The molecule has 1 aromatic rings. The Bertz CT molecular complexity index is 479. The van der Waals surface area contributed by atoms with Crippen LogP contribution in [0.25, 0.3) is 0 Å². The largest absolute Gasteiger partial charge is 0.376 e. The molecule has 1 saturated heterocycles. The third-order valence-corrected chi connectivity index (χ3v) is 3.42. The average molecular weight is 290 g/mol. The molecule has 0 aromatic heterocycles. The summed E-state index contributed by atoms with van der Waals surface area (Å²) in [7, 11) is 0. The van der Waals surface area contributed by atoms with Crippen molar-refractivity contribution in [2.24, 2.45) is 0 Å². The van der Waals surface area contributed by atoms with Gasteiger partial charge in [0.15, 0.2) is 0 Å². The second-order valence-corrected chi connectivity index (χ2v) is 5.22. The standard InChI is InChI=1S/C16H22N2O3/c1-2-4-15(19)18-13-8-6-12(7-9-13)16(20)17-11-14-5-3-10-21-14/h6-9,14H,2-5,10-11H2,1H3,(H,17,20)(H,18,19)/t14-/m0/s1. The third kappa shape index (κ3) is 4.86. The van der Waals surface area contributed by atoms with E-state index in [4.69, 9.17) is 4.74 Å². The van der Waals surface area contributed by atoms with Crippen LogP contribution in [0.2, 0.25) is 0 Å². The Labute approximate surface area is 125 Å². The van der Waals surface area contributed by atoms with Crippen LogP contribution in [0.4, 0.5) is 5.69 Å². The van der Waals surface area contributed by atoms with Gasteiger partial charge in [-0.3, -0.25) is 9.59 Å². The second-order valence-electron chi connectivity index (χ2n) is 5.22. The Hall–Kier alpha value is -1.88. The van der Waals surface area contributed by atoms with E-state index in [-0.39, 0.29) is 17.9 Å². The number of anilines is 1. The number of carbonyl (C=O) groups is 2. The maximum Gasteiger partial charge on any atom is 0.251 e. The monoisotopic (exact) mass is 290 g/mol. The number of ether oxygens (including phenoxy) is 1. The first-order valence-electron chi connectivity index (χ1n) is 7.48. The molecule has 0 saturated carbocycles. The lowest BCUT2D eigenvalue weighted by atomic mass is 10.1. The maximum atomic E-state index is 12.0. The van der Waals surface area contributed by atoms with Gasteiger partial charge in [-0.15, -0.1) is 0 Å². The molecule has 2 amide bonds. The number of hydrogen-bond donors (Lipinski definition) is 2. The van der Waals surface area contributed by atoms with Crippen LogP contribution < -0.4 is 10.6 Å². The van der Waals surface area contributed by atoms with Gasteiger partial charge in [0.1, 0.15) is 0 Å². The van der Waals surface area contributed by atoms with Crippen LogP contribution in [0.1, 0.15) is 43.0 Å². The summed E-state index contributed by atoms with van der Waals surface area (Å²) in [6, 6.07) is 6.92. The highest BCUT2D eigenvalue weighted by Crippen LogP contribution is 2.12. The zero-order chi connectivity index (χ0) is 15.1. The minimum Gasteiger partial charge on any atom is -0.376 e. The second kappa shape index (κ2) is 7.78. The molecule has 0 spiro atoms. The van der Waals surface area contributed by atoms with Crippen LogP contribution in [-0.2, 0) is 9.53 Å². The molecular formula is C16H22N2O3. The van der Waals surface area contributed by atoms with Crippen LogP contribution in [-0.4, -0.2) is 31.1 Å². The van der Waals surface area contributed by atoms with E-state index in [1.807, 2.05) is 6.92 Å². The molecule has 0 unspecified atom stereocenters. The predicted octanol–water partition coefficient (Wildman–Crippen LogP) is 2.33. The summed E-state index contributed by atoms with van der Waals surface area (Å²) in [5, 5.41) is 5.67. The molecule has 114 valence electrons. The number of benzene rings is 1. The molecule has 5 nitrogen and oxygen atoms in total. The number of amides is 2. The molecule has 21 heavy (non-hydrogen) atoms. The minimum atomic E-state index is -0.114. The number of rotatable bonds is 6. The number of hydrogen-bond acceptors (Lipinski definition) is 3. The normalized spacial score (nSPS) is 17.5. The first-order valence-corrected chi connectivity index (χ1v) is 7.48. The van der Waals surface area contributed by atoms with Crippen molar-refractivity contribution in [1.29, 1.82) is 0 Å². The highest BCUT2D eigenvalue weighted by molar-refractivity contribution is 5.95. The predicted molar refractivity (Wildman–Crippen MR) is 81.3 cm³/mol. The van der Waals surface area contributed by atoms with Crippen molar-refractivity contribution in [2.75, 3.05) is 18.5 Å². The van der Waals surface area contributed by atoms with Gasteiger partial charge in [-0.25, -0.2) is 0 Å². The summed E-state index contributed by atoms with van der Waals surface area (Å²) in [6.07, 6.45) is 3.52. The van der Waals surface area contributed by atoms with Gasteiger partial charge in [0, 0.05) is 30.8 Å². The molecule has 2 rings (SSSR count). The van der Waals surface area contributed by atoms with Gasteiger partial charge in [0.05, 0.1) is 6.10 Å². The maximum absolute atomic E-state index is 12.0. The first-order chi connectivity index (χ1) is 10.2. The topological polar surface area (TPSA) is 67.4 Å². The van der Waals surface area contributed by atoms with E-state index < -0.39 is 0 Å². The lowest BCUT2D eigenvalue weighted by Gasteiger charge is -2.11. The Balaban J connectivity index is 1.82. The number of carbonyl (C=O) groups excluding carboxylic acids is 2. The summed E-state index contributed by atoms with van der Waals surface area (Å²) in [5.41, 5.74) is 1.30. The van der Waals surface area contributed by atoms with Crippen molar-refractivity contribution in [3.63, 3.8) is 0 Å². The SMILES string of the molecule is CCCC(=O)Nc1ccc(C(=O)NC[C@@H]2CCCO2)cc1. The third-order valence-electron chi connectivity index (χ3n) is 3.42. The molecule has 5 heteroatoms. The van der Waals surface area contributed by atoms with Crippen LogP contribution in [0.3, 0.4) is 0 Å². The molecule has 0 bridgehead atoms. The Morgan fingerprint density at radius 3 is 2.67 bits per heavy atom. The van der Waals surface area contributed by atoms with E-state index in [1.54, 1.807) is 24.3 Å². The zero-order valence-corrected chi connectivity index (χ0v) is 12.4. The number of nitrogens with one attached hydrogen (secondary N) is 2. The molecule has 1 atom stereocenters. The molecule has 1 aliphatic heterocycles. The molecular weight excluding hydrogens is 268 g/mol. The van der Waals surface area contributed by atoms with Gasteiger partial charge in [-0.05, 0) is 43.5 Å². The molecule has 1 aliphatic rings.